The van der Waals surface area contributed by atoms with Crippen LogP contribution in [-0.4, -0.2) is 10.9 Å². The molecule has 22 heavy (non-hydrogen) atoms. The lowest BCUT2D eigenvalue weighted by Gasteiger charge is -2.14. The molecule has 1 atom stereocenters. The van der Waals surface area contributed by atoms with Crippen LogP contribution in [0, 0.1) is 0 Å². The van der Waals surface area contributed by atoms with E-state index in [1.54, 1.807) is 0 Å². The Morgan fingerprint density at radius 2 is 1.86 bits per heavy atom. The number of nitrogens with one attached hydrogen (secondary N) is 2. The number of carbonyl (C=O) groups is 1. The first-order valence-corrected chi connectivity index (χ1v) is 7.65. The zero-order valence-corrected chi connectivity index (χ0v) is 12.9. The average molecular weight is 292 g/mol. The fraction of sp³-hybridized carbons (Fsp3) is 0.211. The Bertz CT molecular complexity index is 754. The second-order valence-corrected chi connectivity index (χ2v) is 5.56. The van der Waals surface area contributed by atoms with Crippen molar-refractivity contribution >= 4 is 16.8 Å². The zero-order valence-electron chi connectivity index (χ0n) is 12.9. The molecule has 3 aromatic rings. The normalized spacial score (nSPS) is 12.3. The number of para-hydroxylation sites is 1. The molecule has 0 aliphatic carbocycles. The Morgan fingerprint density at radius 3 is 2.55 bits per heavy atom. The quantitative estimate of drug-likeness (QED) is 0.743. The molecule has 0 fully saturated rings. The third-order valence-electron chi connectivity index (χ3n) is 4.01. The molecule has 1 amide bonds. The van der Waals surface area contributed by atoms with Crippen molar-refractivity contribution < 1.29 is 4.79 Å². The molecule has 1 heterocycles. The van der Waals surface area contributed by atoms with Crippen molar-refractivity contribution in [2.75, 3.05) is 0 Å². The number of hydrogen-bond donors (Lipinski definition) is 2. The number of aromatic amines is 1. The van der Waals surface area contributed by atoms with E-state index >= 15 is 0 Å². The van der Waals surface area contributed by atoms with Crippen molar-refractivity contribution in [2.45, 2.75) is 26.3 Å². The Morgan fingerprint density at radius 1 is 1.14 bits per heavy atom. The monoisotopic (exact) mass is 292 g/mol. The van der Waals surface area contributed by atoms with Gasteiger partial charge in [0.1, 0.15) is 5.69 Å². The number of benzene rings is 2. The van der Waals surface area contributed by atoms with Crippen LogP contribution in [0.25, 0.3) is 10.9 Å². The van der Waals surface area contributed by atoms with Gasteiger partial charge in [0.2, 0.25) is 0 Å². The first kappa shape index (κ1) is 14.4. The molecule has 0 aliphatic heterocycles. The number of amides is 1. The van der Waals surface area contributed by atoms with Crippen LogP contribution in [0.15, 0.2) is 54.6 Å². The highest BCUT2D eigenvalue weighted by atomic mass is 16.1. The molecule has 0 bridgehead atoms. The predicted octanol–water partition coefficient (Wildman–Crippen LogP) is 4.22. The molecule has 112 valence electrons. The third kappa shape index (κ3) is 2.89. The van der Waals surface area contributed by atoms with Gasteiger partial charge in [0.15, 0.2) is 0 Å². The van der Waals surface area contributed by atoms with Crippen LogP contribution >= 0.6 is 0 Å². The largest absolute Gasteiger partial charge is 0.351 e. The van der Waals surface area contributed by atoms with Gasteiger partial charge in [-0.05, 0) is 36.6 Å². The average Bonchev–Trinajstić information content (AvgIpc) is 2.99. The summed E-state index contributed by atoms with van der Waals surface area (Å²) in [6.07, 6.45) is 1.02. The highest BCUT2D eigenvalue weighted by molar-refractivity contribution is 5.98. The van der Waals surface area contributed by atoms with Gasteiger partial charge in [-0.25, -0.2) is 0 Å². The number of rotatable bonds is 4. The van der Waals surface area contributed by atoms with Crippen LogP contribution in [0.3, 0.4) is 0 Å². The van der Waals surface area contributed by atoms with Crippen molar-refractivity contribution in [1.82, 2.24) is 10.3 Å². The number of aryl methyl sites for hydroxylation is 1. The van der Waals surface area contributed by atoms with Gasteiger partial charge in [0, 0.05) is 10.9 Å². The van der Waals surface area contributed by atoms with E-state index in [-0.39, 0.29) is 11.9 Å². The van der Waals surface area contributed by atoms with Gasteiger partial charge in [0.05, 0.1) is 6.04 Å². The molecule has 0 aliphatic rings. The number of aromatic nitrogens is 1. The summed E-state index contributed by atoms with van der Waals surface area (Å²) in [6, 6.07) is 18.1. The summed E-state index contributed by atoms with van der Waals surface area (Å²) in [7, 11) is 0. The SMILES string of the molecule is CCc1ccc(C(C)NC(=O)c2cc3ccccc3[nH]2)cc1. The van der Waals surface area contributed by atoms with E-state index < -0.39 is 0 Å². The Labute approximate surface area is 130 Å². The molecule has 3 rings (SSSR count). The lowest BCUT2D eigenvalue weighted by atomic mass is 10.0. The summed E-state index contributed by atoms with van der Waals surface area (Å²) in [4.78, 5) is 15.5. The minimum Gasteiger partial charge on any atom is -0.351 e. The highest BCUT2D eigenvalue weighted by Gasteiger charge is 2.13. The topological polar surface area (TPSA) is 44.9 Å². The minimum atomic E-state index is -0.0803. The van der Waals surface area contributed by atoms with Gasteiger partial charge < -0.3 is 10.3 Å². The van der Waals surface area contributed by atoms with Gasteiger partial charge in [-0.3, -0.25) is 4.79 Å². The first-order chi connectivity index (χ1) is 10.7. The molecule has 1 unspecified atom stereocenters. The first-order valence-electron chi connectivity index (χ1n) is 7.65. The summed E-state index contributed by atoms with van der Waals surface area (Å²) in [6.45, 7) is 4.14. The number of fused-ring (bicyclic) bond motifs is 1. The fourth-order valence-corrected chi connectivity index (χ4v) is 2.60. The van der Waals surface area contributed by atoms with E-state index in [1.165, 1.54) is 5.56 Å². The van der Waals surface area contributed by atoms with E-state index in [0.717, 1.165) is 22.9 Å². The molecule has 1 aromatic heterocycles. The lowest BCUT2D eigenvalue weighted by Crippen LogP contribution is -2.26. The molecule has 0 radical (unpaired) electrons. The maximum atomic E-state index is 12.4. The molecule has 0 saturated heterocycles. The van der Waals surface area contributed by atoms with Gasteiger partial charge in [0.25, 0.3) is 5.91 Å². The van der Waals surface area contributed by atoms with Crippen LogP contribution in [0.1, 0.15) is 41.5 Å². The van der Waals surface area contributed by atoms with Crippen molar-refractivity contribution in [3.05, 3.63) is 71.4 Å². The second-order valence-electron chi connectivity index (χ2n) is 5.56. The summed E-state index contributed by atoms with van der Waals surface area (Å²) in [5.74, 6) is -0.0803. The maximum absolute atomic E-state index is 12.4. The number of H-pyrrole nitrogens is 1. The van der Waals surface area contributed by atoms with Crippen LogP contribution in [-0.2, 0) is 6.42 Å². The summed E-state index contributed by atoms with van der Waals surface area (Å²) < 4.78 is 0. The Kier molecular flexibility index (Phi) is 3.96. The van der Waals surface area contributed by atoms with Crippen LogP contribution < -0.4 is 5.32 Å². The summed E-state index contributed by atoms with van der Waals surface area (Å²) in [5, 5.41) is 4.09. The van der Waals surface area contributed by atoms with Crippen LogP contribution in [0.4, 0.5) is 0 Å². The number of hydrogen-bond acceptors (Lipinski definition) is 1. The van der Waals surface area contributed by atoms with E-state index in [0.29, 0.717) is 5.69 Å². The zero-order chi connectivity index (χ0) is 15.5. The molecule has 0 saturated carbocycles. The van der Waals surface area contributed by atoms with E-state index in [2.05, 4.69) is 41.5 Å². The molecule has 3 heteroatoms. The Hall–Kier alpha value is -2.55. The Balaban J connectivity index is 1.74. The third-order valence-corrected chi connectivity index (χ3v) is 4.01. The van der Waals surface area contributed by atoms with Crippen LogP contribution in [0.2, 0.25) is 0 Å². The van der Waals surface area contributed by atoms with Crippen molar-refractivity contribution in [3.8, 4) is 0 Å². The van der Waals surface area contributed by atoms with Gasteiger partial charge >= 0.3 is 0 Å². The maximum Gasteiger partial charge on any atom is 0.268 e. The van der Waals surface area contributed by atoms with Crippen molar-refractivity contribution in [2.24, 2.45) is 0 Å². The highest BCUT2D eigenvalue weighted by Crippen LogP contribution is 2.17. The van der Waals surface area contributed by atoms with Gasteiger partial charge in [-0.1, -0.05) is 49.4 Å². The van der Waals surface area contributed by atoms with E-state index in [1.807, 2.05) is 37.3 Å². The summed E-state index contributed by atoms with van der Waals surface area (Å²) >= 11 is 0. The molecule has 2 N–H and O–H groups in total. The minimum absolute atomic E-state index is 0.0233. The van der Waals surface area contributed by atoms with Gasteiger partial charge in [-0.15, -0.1) is 0 Å². The predicted molar refractivity (Wildman–Crippen MR) is 90.0 cm³/mol. The summed E-state index contributed by atoms with van der Waals surface area (Å²) in [5.41, 5.74) is 3.99. The van der Waals surface area contributed by atoms with Gasteiger partial charge in [-0.2, -0.15) is 0 Å². The van der Waals surface area contributed by atoms with E-state index in [4.69, 9.17) is 0 Å². The molecule has 0 spiro atoms. The lowest BCUT2D eigenvalue weighted by molar-refractivity contribution is 0.0935. The molecular formula is C19H20N2O. The molecule has 3 nitrogen and oxygen atoms in total. The standard InChI is InChI=1S/C19H20N2O/c1-3-14-8-10-15(11-9-14)13(2)20-19(22)18-12-16-6-4-5-7-17(16)21-18/h4-13,21H,3H2,1-2H3,(H,20,22). The molecular weight excluding hydrogens is 272 g/mol. The second kappa shape index (κ2) is 6.06. The van der Waals surface area contributed by atoms with Crippen molar-refractivity contribution in [3.63, 3.8) is 0 Å². The van der Waals surface area contributed by atoms with E-state index in [9.17, 15) is 4.79 Å². The van der Waals surface area contributed by atoms with Crippen LogP contribution in [0.5, 0.6) is 0 Å². The smallest absolute Gasteiger partial charge is 0.268 e. The fourth-order valence-electron chi connectivity index (χ4n) is 2.60. The van der Waals surface area contributed by atoms with Crippen molar-refractivity contribution in [1.29, 1.82) is 0 Å². The molecule has 2 aromatic carbocycles. The number of carbonyl (C=O) groups excluding carboxylic acids is 1.